The topological polar surface area (TPSA) is 172 Å². The van der Waals surface area contributed by atoms with Gasteiger partial charge >= 0.3 is 11.9 Å². The van der Waals surface area contributed by atoms with Gasteiger partial charge in [-0.2, -0.15) is 0 Å². The summed E-state index contributed by atoms with van der Waals surface area (Å²) in [6.07, 6.45) is 0.551. The second-order valence-electron chi connectivity index (χ2n) is 10.2. The Labute approximate surface area is 256 Å². The van der Waals surface area contributed by atoms with Crippen LogP contribution in [-0.4, -0.2) is 76.5 Å². The van der Waals surface area contributed by atoms with Gasteiger partial charge in [-0.1, -0.05) is 18.2 Å². The number of hydrogen-bond acceptors (Lipinski definition) is 9. The van der Waals surface area contributed by atoms with E-state index in [4.69, 9.17) is 9.47 Å². The van der Waals surface area contributed by atoms with Crippen molar-refractivity contribution in [3.63, 3.8) is 0 Å². The smallest absolute Gasteiger partial charge is 0.334 e. The number of aliphatic hydroxyl groups excluding tert-OH is 1. The number of aliphatic carboxylic acids is 2. The third-order valence-corrected chi connectivity index (χ3v) is 7.44. The molecular formula is C30H38ClN3O9. The molecule has 0 radical (unpaired) electrons. The van der Waals surface area contributed by atoms with Crippen molar-refractivity contribution < 1.29 is 39.3 Å². The highest BCUT2D eigenvalue weighted by Crippen LogP contribution is 2.50. The monoisotopic (exact) mass is 619 g/mol. The molecule has 0 spiro atoms. The summed E-state index contributed by atoms with van der Waals surface area (Å²) in [6.45, 7) is 5.84. The van der Waals surface area contributed by atoms with Crippen LogP contribution in [0, 0.1) is 10.1 Å². The van der Waals surface area contributed by atoms with Gasteiger partial charge in [-0.05, 0) is 58.4 Å². The molecule has 3 rings (SSSR count). The molecule has 1 aliphatic heterocycles. The summed E-state index contributed by atoms with van der Waals surface area (Å²) >= 11 is 0. The van der Waals surface area contributed by atoms with Crippen LogP contribution in [0.5, 0.6) is 11.5 Å². The molecule has 2 aromatic carbocycles. The number of nitrogens with zero attached hydrogens (tertiary/aromatic N) is 2. The molecule has 2 aromatic rings. The predicted molar refractivity (Wildman–Crippen MR) is 162 cm³/mol. The first-order chi connectivity index (χ1) is 19.9. The second-order valence-corrected chi connectivity index (χ2v) is 10.2. The Bertz CT molecular complexity index is 1340. The minimum absolute atomic E-state index is 0. The molecule has 1 atom stereocenters. The number of rotatable bonds is 15. The van der Waals surface area contributed by atoms with E-state index in [0.717, 1.165) is 0 Å². The zero-order valence-corrected chi connectivity index (χ0v) is 25.3. The maximum atomic E-state index is 12.5. The number of unbranched alkanes of at least 4 members (excludes halogenated alkanes) is 1. The zero-order valence-electron chi connectivity index (χ0n) is 24.5. The Morgan fingerprint density at radius 2 is 1.63 bits per heavy atom. The van der Waals surface area contributed by atoms with Gasteiger partial charge in [0.1, 0.15) is 24.2 Å². The highest BCUT2D eigenvalue weighted by atomic mass is 35.5. The quantitative estimate of drug-likeness (QED) is 0.128. The van der Waals surface area contributed by atoms with E-state index in [0.29, 0.717) is 43.1 Å². The van der Waals surface area contributed by atoms with Crippen LogP contribution in [0.25, 0.3) is 0 Å². The molecule has 0 bridgehead atoms. The number of nitro groups is 1. The van der Waals surface area contributed by atoms with E-state index < -0.39 is 28.4 Å². The zero-order chi connectivity index (χ0) is 31.0. The second kappa shape index (κ2) is 15.4. The summed E-state index contributed by atoms with van der Waals surface area (Å²) < 4.78 is 11.5. The number of hydrogen-bond donors (Lipinski definition) is 4. The predicted octanol–water partition coefficient (Wildman–Crippen LogP) is 4.13. The van der Waals surface area contributed by atoms with Crippen LogP contribution < -0.4 is 14.8 Å². The summed E-state index contributed by atoms with van der Waals surface area (Å²) in [7, 11) is 1.57. The minimum atomic E-state index is -1.75. The van der Waals surface area contributed by atoms with Crippen molar-refractivity contribution in [3.05, 3.63) is 86.7 Å². The van der Waals surface area contributed by atoms with Crippen molar-refractivity contribution >= 4 is 30.0 Å². The maximum absolute atomic E-state index is 12.5. The van der Waals surface area contributed by atoms with Crippen molar-refractivity contribution in [2.45, 2.75) is 45.1 Å². The van der Waals surface area contributed by atoms with E-state index in [9.17, 15) is 35.0 Å². The number of ether oxygens (including phenoxy) is 2. The van der Waals surface area contributed by atoms with Crippen molar-refractivity contribution in [1.82, 2.24) is 10.2 Å². The highest BCUT2D eigenvalue weighted by molar-refractivity contribution is 6.00. The van der Waals surface area contributed by atoms with Crippen LogP contribution in [0.3, 0.4) is 0 Å². The number of carboxylic acids is 2. The van der Waals surface area contributed by atoms with E-state index in [1.165, 1.54) is 30.0 Å². The number of nitro benzene ring substituents is 1. The van der Waals surface area contributed by atoms with E-state index in [2.05, 4.69) is 5.32 Å². The number of halogens is 1. The number of aliphatic hydroxyl groups is 1. The molecule has 43 heavy (non-hydrogen) atoms. The van der Waals surface area contributed by atoms with Gasteiger partial charge in [0.2, 0.25) is 0 Å². The van der Waals surface area contributed by atoms with Crippen molar-refractivity contribution in [3.8, 4) is 11.5 Å². The molecule has 13 heteroatoms. The standard InChI is InChI=1S/C30H37N3O9.ClH/c1-19-26(28(35)36)30(3,27(29(37)38)20(2)32(19)4)24-16-21(33(39)40)12-13-25(24)41-15-9-8-14-31-17-22(34)18-42-23-10-6-5-7-11-23;/h5-7,10-13,16,22,31,34H,8-9,14-15,17-18H2,1-4H3,(H,35,36)(H,37,38);1H. The third kappa shape index (κ3) is 8.04. The van der Waals surface area contributed by atoms with E-state index in [1.54, 1.807) is 20.9 Å². The number of carboxylic acid groups (broad SMARTS) is 2. The number of carbonyl (C=O) groups is 2. The fourth-order valence-corrected chi connectivity index (χ4v) is 5.16. The van der Waals surface area contributed by atoms with Crippen LogP contribution in [0.15, 0.2) is 71.1 Å². The van der Waals surface area contributed by atoms with Gasteiger partial charge in [0.15, 0.2) is 0 Å². The summed E-state index contributed by atoms with van der Waals surface area (Å²) in [5.41, 5.74) is -1.78. The van der Waals surface area contributed by atoms with Crippen molar-refractivity contribution in [2.75, 3.05) is 33.4 Å². The largest absolute Gasteiger partial charge is 0.493 e. The Morgan fingerprint density at radius 3 is 2.19 bits per heavy atom. The van der Waals surface area contributed by atoms with Gasteiger partial charge in [0.25, 0.3) is 5.69 Å². The van der Waals surface area contributed by atoms with Crippen LogP contribution in [0.4, 0.5) is 5.69 Å². The third-order valence-electron chi connectivity index (χ3n) is 7.44. The molecule has 4 N–H and O–H groups in total. The van der Waals surface area contributed by atoms with E-state index in [1.807, 2.05) is 30.3 Å². The van der Waals surface area contributed by atoms with Crippen molar-refractivity contribution in [2.24, 2.45) is 0 Å². The number of allylic oxidation sites excluding steroid dienone is 2. The van der Waals surface area contributed by atoms with Gasteiger partial charge in [-0.3, -0.25) is 10.1 Å². The van der Waals surface area contributed by atoms with Gasteiger partial charge < -0.3 is 35.0 Å². The molecular weight excluding hydrogens is 582 g/mol. The molecule has 234 valence electrons. The summed E-state index contributed by atoms with van der Waals surface area (Å²) in [4.78, 5) is 37.6. The van der Waals surface area contributed by atoms with Gasteiger partial charge in [-0.15, -0.1) is 12.4 Å². The maximum Gasteiger partial charge on any atom is 0.334 e. The molecule has 1 aliphatic rings. The Kier molecular flexibility index (Phi) is 12.5. The number of nitrogens with one attached hydrogen (secondary N) is 1. The first kappa shape index (κ1) is 35.1. The van der Waals surface area contributed by atoms with Gasteiger partial charge in [0, 0.05) is 42.7 Å². The lowest BCUT2D eigenvalue weighted by molar-refractivity contribution is -0.385. The molecule has 0 aromatic heterocycles. The Hall–Kier alpha value is -4.13. The number of para-hydroxylation sites is 1. The molecule has 12 nitrogen and oxygen atoms in total. The molecule has 0 fully saturated rings. The molecule has 1 unspecified atom stereocenters. The summed E-state index contributed by atoms with van der Waals surface area (Å²) in [6, 6.07) is 13.0. The first-order valence-corrected chi connectivity index (χ1v) is 13.5. The highest BCUT2D eigenvalue weighted by Gasteiger charge is 2.50. The lowest BCUT2D eigenvalue weighted by Crippen LogP contribution is -2.43. The normalized spacial score (nSPS) is 15.0. The van der Waals surface area contributed by atoms with Gasteiger partial charge in [0.05, 0.1) is 28.1 Å². The van der Waals surface area contributed by atoms with Crippen molar-refractivity contribution in [1.29, 1.82) is 0 Å². The average Bonchev–Trinajstić information content (AvgIpc) is 2.94. The Morgan fingerprint density at radius 1 is 1.02 bits per heavy atom. The van der Waals surface area contributed by atoms with Crippen LogP contribution >= 0.6 is 12.4 Å². The fraction of sp³-hybridized carbons (Fsp3) is 0.400. The van der Waals surface area contributed by atoms with Crippen LogP contribution in [0.2, 0.25) is 0 Å². The Balaban J connectivity index is 0.00000645. The molecule has 0 amide bonds. The summed E-state index contributed by atoms with van der Waals surface area (Å²) in [5, 5.41) is 45.3. The fourth-order valence-electron chi connectivity index (χ4n) is 5.16. The first-order valence-electron chi connectivity index (χ1n) is 13.5. The average molecular weight is 620 g/mol. The lowest BCUT2D eigenvalue weighted by Gasteiger charge is -2.42. The van der Waals surface area contributed by atoms with Crippen LogP contribution in [-0.2, 0) is 15.0 Å². The number of non-ortho nitro benzene ring substituents is 1. The lowest BCUT2D eigenvalue weighted by atomic mass is 9.66. The van der Waals surface area contributed by atoms with E-state index >= 15 is 0 Å². The molecule has 0 saturated heterocycles. The molecule has 0 saturated carbocycles. The summed E-state index contributed by atoms with van der Waals surface area (Å²) in [5.74, 6) is -1.84. The SMILES string of the molecule is CC1=C(C(=O)O)C(C)(c2cc([N+](=O)[O-])ccc2OCCCCNCC(O)COc2ccccc2)C(C(=O)O)=C(C)N1C.Cl. The molecule has 0 aliphatic carbocycles. The minimum Gasteiger partial charge on any atom is -0.493 e. The number of benzene rings is 2. The van der Waals surface area contributed by atoms with E-state index in [-0.39, 0.29) is 53.8 Å². The molecule has 1 heterocycles. The van der Waals surface area contributed by atoms with Crippen LogP contribution in [0.1, 0.15) is 39.2 Å². The van der Waals surface area contributed by atoms with Gasteiger partial charge in [-0.25, -0.2) is 9.59 Å².